The first-order valence-electron chi connectivity index (χ1n) is 4.40. The SMILES string of the molecule is CO/C(C)=C\C(=O)Nc1cccc(Br)c1. The van der Waals surface area contributed by atoms with Gasteiger partial charge in [-0.3, -0.25) is 4.79 Å². The van der Waals surface area contributed by atoms with Crippen LogP contribution in [0.3, 0.4) is 0 Å². The zero-order valence-electron chi connectivity index (χ0n) is 8.58. The van der Waals surface area contributed by atoms with Crippen LogP contribution in [0.2, 0.25) is 0 Å². The number of allylic oxidation sites excluding steroid dienone is 1. The zero-order valence-corrected chi connectivity index (χ0v) is 10.2. The summed E-state index contributed by atoms with van der Waals surface area (Å²) >= 11 is 3.33. The number of ether oxygens (including phenoxy) is 1. The molecular formula is C11H12BrNO2. The third-order valence-corrected chi connectivity index (χ3v) is 2.24. The Kier molecular flexibility index (Phi) is 4.37. The highest BCUT2D eigenvalue weighted by Gasteiger charge is 1.99. The first kappa shape index (κ1) is 11.8. The van der Waals surface area contributed by atoms with Crippen LogP contribution in [-0.4, -0.2) is 13.0 Å². The van der Waals surface area contributed by atoms with Crippen molar-refractivity contribution in [1.82, 2.24) is 0 Å². The zero-order chi connectivity index (χ0) is 11.3. The summed E-state index contributed by atoms with van der Waals surface area (Å²) in [7, 11) is 1.53. The molecule has 15 heavy (non-hydrogen) atoms. The van der Waals surface area contributed by atoms with E-state index < -0.39 is 0 Å². The Bertz CT molecular complexity index is 388. The van der Waals surface area contributed by atoms with Crippen LogP contribution in [-0.2, 0) is 9.53 Å². The molecule has 80 valence electrons. The molecule has 1 aromatic carbocycles. The molecule has 0 atom stereocenters. The van der Waals surface area contributed by atoms with Crippen molar-refractivity contribution in [3.05, 3.63) is 40.6 Å². The lowest BCUT2D eigenvalue weighted by atomic mass is 10.3. The fourth-order valence-electron chi connectivity index (χ4n) is 0.988. The fraction of sp³-hybridized carbons (Fsp3) is 0.182. The van der Waals surface area contributed by atoms with Gasteiger partial charge in [0, 0.05) is 16.2 Å². The van der Waals surface area contributed by atoms with E-state index in [2.05, 4.69) is 21.2 Å². The number of amides is 1. The Labute approximate surface area is 97.3 Å². The molecular weight excluding hydrogens is 258 g/mol. The molecule has 0 fully saturated rings. The van der Waals surface area contributed by atoms with Crippen LogP contribution in [0.5, 0.6) is 0 Å². The van der Waals surface area contributed by atoms with Crippen molar-refractivity contribution in [2.75, 3.05) is 12.4 Å². The number of methoxy groups -OCH3 is 1. The largest absolute Gasteiger partial charge is 0.501 e. The van der Waals surface area contributed by atoms with E-state index >= 15 is 0 Å². The van der Waals surface area contributed by atoms with Gasteiger partial charge in [-0.2, -0.15) is 0 Å². The lowest BCUT2D eigenvalue weighted by molar-refractivity contribution is -0.112. The van der Waals surface area contributed by atoms with E-state index in [1.807, 2.05) is 24.3 Å². The standard InChI is InChI=1S/C11H12BrNO2/c1-8(15-2)6-11(14)13-10-5-3-4-9(12)7-10/h3-7H,1-2H3,(H,13,14)/b8-6-. The maximum atomic E-state index is 11.4. The average Bonchev–Trinajstić information content (AvgIpc) is 2.17. The summed E-state index contributed by atoms with van der Waals surface area (Å²) in [6, 6.07) is 7.39. The summed E-state index contributed by atoms with van der Waals surface area (Å²) in [6.45, 7) is 1.72. The van der Waals surface area contributed by atoms with Crippen molar-refractivity contribution in [2.24, 2.45) is 0 Å². The Hall–Kier alpha value is -1.29. The molecule has 0 spiro atoms. The number of carbonyl (C=O) groups excluding carboxylic acids is 1. The van der Waals surface area contributed by atoms with Crippen molar-refractivity contribution in [1.29, 1.82) is 0 Å². The summed E-state index contributed by atoms with van der Waals surface area (Å²) in [4.78, 5) is 11.4. The smallest absolute Gasteiger partial charge is 0.251 e. The number of rotatable bonds is 3. The normalized spacial score (nSPS) is 11.0. The van der Waals surface area contributed by atoms with E-state index in [4.69, 9.17) is 4.74 Å². The molecule has 0 bridgehead atoms. The van der Waals surface area contributed by atoms with E-state index in [0.717, 1.165) is 10.2 Å². The van der Waals surface area contributed by atoms with E-state index in [1.54, 1.807) is 6.92 Å². The maximum Gasteiger partial charge on any atom is 0.251 e. The Morgan fingerprint density at radius 3 is 2.87 bits per heavy atom. The van der Waals surface area contributed by atoms with Crippen molar-refractivity contribution in [3.63, 3.8) is 0 Å². The predicted molar refractivity (Wildman–Crippen MR) is 63.5 cm³/mol. The number of hydrogen-bond acceptors (Lipinski definition) is 2. The van der Waals surface area contributed by atoms with Crippen LogP contribution in [0.25, 0.3) is 0 Å². The van der Waals surface area contributed by atoms with E-state index in [0.29, 0.717) is 5.76 Å². The Balaban J connectivity index is 2.67. The molecule has 0 aromatic heterocycles. The second-order valence-electron chi connectivity index (χ2n) is 2.96. The topological polar surface area (TPSA) is 38.3 Å². The molecule has 1 N–H and O–H groups in total. The molecule has 0 aliphatic rings. The summed E-state index contributed by atoms with van der Waals surface area (Å²) < 4.78 is 5.80. The molecule has 0 aliphatic heterocycles. The molecule has 3 nitrogen and oxygen atoms in total. The van der Waals surface area contributed by atoms with Gasteiger partial charge in [-0.05, 0) is 25.1 Å². The molecule has 0 saturated carbocycles. The third-order valence-electron chi connectivity index (χ3n) is 1.75. The van der Waals surface area contributed by atoms with Gasteiger partial charge in [-0.15, -0.1) is 0 Å². The van der Waals surface area contributed by atoms with Crippen LogP contribution in [0, 0.1) is 0 Å². The summed E-state index contributed by atoms with van der Waals surface area (Å²) in [6.07, 6.45) is 1.40. The molecule has 0 heterocycles. The summed E-state index contributed by atoms with van der Waals surface area (Å²) in [5.41, 5.74) is 0.745. The average molecular weight is 270 g/mol. The van der Waals surface area contributed by atoms with Crippen molar-refractivity contribution < 1.29 is 9.53 Å². The highest BCUT2D eigenvalue weighted by Crippen LogP contribution is 2.15. The highest BCUT2D eigenvalue weighted by molar-refractivity contribution is 9.10. The van der Waals surface area contributed by atoms with Crippen LogP contribution in [0.4, 0.5) is 5.69 Å². The van der Waals surface area contributed by atoms with Crippen molar-refractivity contribution in [3.8, 4) is 0 Å². The van der Waals surface area contributed by atoms with Crippen LogP contribution >= 0.6 is 15.9 Å². The molecule has 1 amide bonds. The van der Waals surface area contributed by atoms with Crippen LogP contribution in [0.15, 0.2) is 40.6 Å². The summed E-state index contributed by atoms with van der Waals surface area (Å²) in [5.74, 6) is 0.370. The first-order chi connectivity index (χ1) is 7.11. The van der Waals surface area contributed by atoms with Crippen LogP contribution in [0.1, 0.15) is 6.92 Å². The third kappa shape index (κ3) is 4.16. The molecule has 0 saturated heterocycles. The second kappa shape index (κ2) is 5.56. The van der Waals surface area contributed by atoms with Gasteiger partial charge < -0.3 is 10.1 Å². The molecule has 4 heteroatoms. The van der Waals surface area contributed by atoms with Crippen molar-refractivity contribution >= 4 is 27.5 Å². The van der Waals surface area contributed by atoms with E-state index in [-0.39, 0.29) is 5.91 Å². The minimum atomic E-state index is -0.201. The molecule has 0 aliphatic carbocycles. The van der Waals surface area contributed by atoms with E-state index in [9.17, 15) is 4.79 Å². The van der Waals surface area contributed by atoms with Gasteiger partial charge >= 0.3 is 0 Å². The molecule has 0 unspecified atom stereocenters. The van der Waals surface area contributed by atoms with Gasteiger partial charge in [0.15, 0.2) is 0 Å². The monoisotopic (exact) mass is 269 g/mol. The number of benzene rings is 1. The number of anilines is 1. The predicted octanol–water partition coefficient (Wildman–Crippen LogP) is 2.94. The number of carbonyl (C=O) groups is 1. The number of halogens is 1. The number of hydrogen-bond donors (Lipinski definition) is 1. The first-order valence-corrected chi connectivity index (χ1v) is 5.20. The van der Waals surface area contributed by atoms with Gasteiger partial charge in [0.05, 0.1) is 12.9 Å². The highest BCUT2D eigenvalue weighted by atomic mass is 79.9. The van der Waals surface area contributed by atoms with Gasteiger partial charge in [0.1, 0.15) is 0 Å². The maximum absolute atomic E-state index is 11.4. The summed E-state index contributed by atoms with van der Waals surface area (Å²) in [5, 5.41) is 2.72. The van der Waals surface area contributed by atoms with Gasteiger partial charge in [-0.1, -0.05) is 22.0 Å². The van der Waals surface area contributed by atoms with E-state index in [1.165, 1.54) is 13.2 Å². The Morgan fingerprint density at radius 1 is 1.53 bits per heavy atom. The van der Waals surface area contributed by atoms with Gasteiger partial charge in [0.2, 0.25) is 0 Å². The minimum Gasteiger partial charge on any atom is -0.501 e. The van der Waals surface area contributed by atoms with Crippen molar-refractivity contribution in [2.45, 2.75) is 6.92 Å². The Morgan fingerprint density at radius 2 is 2.27 bits per heavy atom. The van der Waals surface area contributed by atoms with Gasteiger partial charge in [0.25, 0.3) is 5.91 Å². The molecule has 1 aromatic rings. The molecule has 0 radical (unpaired) electrons. The minimum absolute atomic E-state index is 0.201. The lowest BCUT2D eigenvalue weighted by Crippen LogP contribution is -2.08. The van der Waals surface area contributed by atoms with Gasteiger partial charge in [-0.25, -0.2) is 0 Å². The second-order valence-corrected chi connectivity index (χ2v) is 3.87. The quantitative estimate of drug-likeness (QED) is 0.677. The lowest BCUT2D eigenvalue weighted by Gasteiger charge is -2.03. The fourth-order valence-corrected chi connectivity index (χ4v) is 1.39. The van der Waals surface area contributed by atoms with Crippen LogP contribution < -0.4 is 5.32 Å². The number of nitrogens with one attached hydrogen (secondary N) is 1. The molecule has 1 rings (SSSR count).